The van der Waals surface area contributed by atoms with Gasteiger partial charge in [-0.2, -0.15) is 0 Å². The summed E-state index contributed by atoms with van der Waals surface area (Å²) in [7, 11) is 3.50. The Hall–Kier alpha value is -1.88. The third-order valence-electron chi connectivity index (χ3n) is 6.09. The number of nitrogens with zero attached hydrogens (tertiary/aromatic N) is 5. The molecule has 1 aromatic carbocycles. The van der Waals surface area contributed by atoms with E-state index in [0.29, 0.717) is 6.54 Å². The van der Waals surface area contributed by atoms with E-state index in [1.165, 1.54) is 0 Å². The van der Waals surface area contributed by atoms with Crippen LogP contribution in [0.1, 0.15) is 25.3 Å². The Balaban J connectivity index is 0.00000363. The number of halogens is 1. The number of aliphatic imine (C=N–C) groups is 1. The monoisotopic (exact) mass is 556 g/mol. The molecule has 1 atom stereocenters. The van der Waals surface area contributed by atoms with Crippen LogP contribution in [0.15, 0.2) is 35.3 Å². The van der Waals surface area contributed by atoms with E-state index in [0.717, 1.165) is 63.6 Å². The summed E-state index contributed by atoms with van der Waals surface area (Å²) in [5.74, 6) is 1.01. The van der Waals surface area contributed by atoms with Crippen LogP contribution < -0.4 is 5.32 Å². The van der Waals surface area contributed by atoms with Gasteiger partial charge in [0.2, 0.25) is 11.8 Å². The minimum Gasteiger partial charge on any atom is -0.347 e. The largest absolute Gasteiger partial charge is 0.347 e. The average Bonchev–Trinajstić information content (AvgIpc) is 3.34. The van der Waals surface area contributed by atoms with E-state index in [1.54, 1.807) is 19.0 Å². The van der Waals surface area contributed by atoms with Gasteiger partial charge in [0.25, 0.3) is 0 Å². The van der Waals surface area contributed by atoms with E-state index in [9.17, 15) is 9.59 Å². The molecule has 1 unspecified atom stereocenters. The number of hydrogen-bond acceptors (Lipinski definition) is 4. The molecule has 32 heavy (non-hydrogen) atoms. The highest BCUT2D eigenvalue weighted by molar-refractivity contribution is 14.0. The van der Waals surface area contributed by atoms with Crippen LogP contribution in [0, 0.1) is 0 Å². The van der Waals surface area contributed by atoms with Crippen LogP contribution in [-0.2, 0) is 16.1 Å². The summed E-state index contributed by atoms with van der Waals surface area (Å²) in [6.45, 7) is 7.72. The molecule has 2 aliphatic rings. The number of amides is 2. The van der Waals surface area contributed by atoms with Crippen LogP contribution >= 0.6 is 24.0 Å². The zero-order chi connectivity index (χ0) is 22.2. The lowest BCUT2D eigenvalue weighted by Gasteiger charge is -2.39. The van der Waals surface area contributed by atoms with E-state index in [2.05, 4.69) is 27.2 Å². The first-order valence-corrected chi connectivity index (χ1v) is 11.3. The third kappa shape index (κ3) is 7.33. The normalized spacial score (nSPS) is 18.2. The van der Waals surface area contributed by atoms with Crippen molar-refractivity contribution in [2.24, 2.45) is 4.99 Å². The fourth-order valence-electron chi connectivity index (χ4n) is 4.01. The predicted octanol–water partition coefficient (Wildman–Crippen LogP) is 1.47. The van der Waals surface area contributed by atoms with E-state index in [4.69, 9.17) is 4.99 Å². The maximum Gasteiger partial charge on any atom is 0.241 e. The number of likely N-dealkylation sites (N-methyl/N-ethyl adjacent to an activating group) is 1. The number of guanidine groups is 1. The van der Waals surface area contributed by atoms with Crippen LogP contribution in [0.25, 0.3) is 0 Å². The van der Waals surface area contributed by atoms with Gasteiger partial charge in [0.15, 0.2) is 5.96 Å². The molecule has 9 heteroatoms. The van der Waals surface area contributed by atoms with Crippen molar-refractivity contribution in [1.29, 1.82) is 0 Å². The molecular formula is C23H37IN6O2. The third-order valence-corrected chi connectivity index (χ3v) is 6.09. The summed E-state index contributed by atoms with van der Waals surface area (Å²) >= 11 is 0. The first kappa shape index (κ1) is 26.4. The van der Waals surface area contributed by atoms with Crippen LogP contribution in [0.3, 0.4) is 0 Å². The van der Waals surface area contributed by atoms with Gasteiger partial charge in [-0.25, -0.2) is 4.99 Å². The quantitative estimate of drug-likeness (QED) is 0.327. The second kappa shape index (κ2) is 13.0. The Morgan fingerprint density at radius 3 is 2.22 bits per heavy atom. The number of rotatable bonds is 6. The van der Waals surface area contributed by atoms with Crippen molar-refractivity contribution in [3.05, 3.63) is 35.9 Å². The zero-order valence-corrected chi connectivity index (χ0v) is 21.8. The molecule has 2 heterocycles. The molecule has 178 valence electrons. The first-order chi connectivity index (χ1) is 15.0. The highest BCUT2D eigenvalue weighted by atomic mass is 127. The summed E-state index contributed by atoms with van der Waals surface area (Å²) in [5.41, 5.74) is 1.13. The Kier molecular flexibility index (Phi) is 10.7. The molecule has 2 amide bonds. The Morgan fingerprint density at radius 2 is 1.62 bits per heavy atom. The molecule has 1 aromatic rings. The molecule has 2 fully saturated rings. The number of carbonyl (C=O) groups excluding carboxylic acids is 2. The highest BCUT2D eigenvalue weighted by Gasteiger charge is 2.30. The van der Waals surface area contributed by atoms with Gasteiger partial charge in [-0.1, -0.05) is 30.3 Å². The molecule has 0 aliphatic carbocycles. The lowest BCUT2D eigenvalue weighted by atomic mass is 10.2. The number of hydrogen-bond donors (Lipinski definition) is 1. The van der Waals surface area contributed by atoms with E-state index >= 15 is 0 Å². The SMILES string of the molecule is CC(C(=O)N1CCCC1)N1CCN(C(=NCc2ccccc2)NCC(=O)N(C)C)CC1.I. The molecule has 8 nitrogen and oxygen atoms in total. The Labute approximate surface area is 209 Å². The zero-order valence-electron chi connectivity index (χ0n) is 19.5. The summed E-state index contributed by atoms with van der Waals surface area (Å²) in [6, 6.07) is 10.0. The molecule has 3 rings (SSSR count). The van der Waals surface area contributed by atoms with Gasteiger partial charge < -0.3 is 20.0 Å². The summed E-state index contributed by atoms with van der Waals surface area (Å²) in [6.07, 6.45) is 2.23. The minimum absolute atomic E-state index is 0. The Morgan fingerprint density at radius 1 is 1.00 bits per heavy atom. The molecule has 0 bridgehead atoms. The van der Waals surface area contributed by atoms with Gasteiger partial charge in [0.05, 0.1) is 19.1 Å². The Bertz CT molecular complexity index is 759. The van der Waals surface area contributed by atoms with E-state index < -0.39 is 0 Å². The van der Waals surface area contributed by atoms with E-state index in [-0.39, 0.29) is 48.4 Å². The summed E-state index contributed by atoms with van der Waals surface area (Å²) in [4.78, 5) is 37.6. The van der Waals surface area contributed by atoms with Gasteiger partial charge in [-0.3, -0.25) is 14.5 Å². The van der Waals surface area contributed by atoms with Gasteiger partial charge >= 0.3 is 0 Å². The fourth-order valence-corrected chi connectivity index (χ4v) is 4.01. The van der Waals surface area contributed by atoms with Crippen LogP contribution in [0.4, 0.5) is 0 Å². The molecule has 0 saturated carbocycles. The maximum absolute atomic E-state index is 12.8. The second-order valence-electron chi connectivity index (χ2n) is 8.50. The van der Waals surface area contributed by atoms with Crippen molar-refractivity contribution >= 4 is 41.8 Å². The number of nitrogens with one attached hydrogen (secondary N) is 1. The molecule has 1 N–H and O–H groups in total. The molecule has 2 aliphatic heterocycles. The average molecular weight is 556 g/mol. The van der Waals surface area contributed by atoms with Crippen molar-refractivity contribution in [1.82, 2.24) is 24.9 Å². The number of likely N-dealkylation sites (tertiary alicyclic amines) is 1. The lowest BCUT2D eigenvalue weighted by Crippen LogP contribution is -2.57. The second-order valence-corrected chi connectivity index (χ2v) is 8.50. The topological polar surface area (TPSA) is 71.5 Å². The van der Waals surface area contributed by atoms with Gasteiger partial charge in [0.1, 0.15) is 0 Å². The number of carbonyl (C=O) groups is 2. The van der Waals surface area contributed by atoms with Gasteiger partial charge in [0, 0.05) is 53.4 Å². The first-order valence-electron chi connectivity index (χ1n) is 11.3. The maximum atomic E-state index is 12.8. The van der Waals surface area contributed by atoms with E-state index in [1.807, 2.05) is 30.0 Å². The highest BCUT2D eigenvalue weighted by Crippen LogP contribution is 2.14. The van der Waals surface area contributed by atoms with Crippen molar-refractivity contribution in [2.45, 2.75) is 32.4 Å². The molecule has 0 spiro atoms. The molecule has 2 saturated heterocycles. The summed E-state index contributed by atoms with van der Waals surface area (Å²) in [5, 5.41) is 3.24. The van der Waals surface area contributed by atoms with Crippen molar-refractivity contribution < 1.29 is 9.59 Å². The van der Waals surface area contributed by atoms with Crippen molar-refractivity contribution in [3.8, 4) is 0 Å². The fraction of sp³-hybridized carbons (Fsp3) is 0.609. The standard InChI is InChI=1S/C23H36N6O2.HI/c1-19(22(31)28-11-7-8-12-28)27-13-15-29(16-14-27)23(25-18-21(30)26(2)3)24-17-20-9-5-4-6-10-20;/h4-6,9-10,19H,7-8,11-18H2,1-3H3,(H,24,25);1H. The van der Waals surface area contributed by atoms with Crippen LogP contribution in [-0.4, -0.2) is 103 Å². The molecular weight excluding hydrogens is 519 g/mol. The summed E-state index contributed by atoms with van der Waals surface area (Å²) < 4.78 is 0. The lowest BCUT2D eigenvalue weighted by molar-refractivity contribution is -0.135. The van der Waals surface area contributed by atoms with Crippen LogP contribution in [0.5, 0.6) is 0 Å². The van der Waals surface area contributed by atoms with Crippen molar-refractivity contribution in [2.75, 3.05) is 59.9 Å². The molecule has 0 aromatic heterocycles. The van der Waals surface area contributed by atoms with Gasteiger partial charge in [-0.15, -0.1) is 24.0 Å². The van der Waals surface area contributed by atoms with Crippen LogP contribution in [0.2, 0.25) is 0 Å². The smallest absolute Gasteiger partial charge is 0.241 e. The molecule has 0 radical (unpaired) electrons. The van der Waals surface area contributed by atoms with Gasteiger partial charge in [-0.05, 0) is 25.3 Å². The van der Waals surface area contributed by atoms with Crippen molar-refractivity contribution in [3.63, 3.8) is 0 Å². The minimum atomic E-state index is -0.0896. The number of benzene rings is 1. The predicted molar refractivity (Wildman–Crippen MR) is 138 cm³/mol. The number of piperazine rings is 1.